The van der Waals surface area contributed by atoms with Crippen LogP contribution < -0.4 is 4.80 Å². The lowest BCUT2D eigenvalue weighted by molar-refractivity contribution is 0.162. The van der Waals surface area contributed by atoms with Crippen LogP contribution in [-0.2, 0) is 4.74 Å². The summed E-state index contributed by atoms with van der Waals surface area (Å²) in [5.41, 5.74) is 1.43. The maximum absolute atomic E-state index is 14.3. The Bertz CT molecular complexity index is 933. The molecule has 0 aliphatic heterocycles. The number of nitrogens with zero attached hydrogens (tertiary/aromatic N) is 2. The van der Waals surface area contributed by atoms with Crippen LogP contribution in [0.5, 0.6) is 0 Å². The molecule has 0 amide bonds. The molecule has 3 rings (SSSR count). The minimum Gasteiger partial charge on any atom is -0.383 e. The molecule has 0 spiro atoms. The van der Waals surface area contributed by atoms with E-state index < -0.39 is 5.82 Å². The number of methoxy groups -OCH3 is 1. The molecule has 0 unspecified atom stereocenters. The number of para-hydroxylation sites is 1. The molecule has 25 heavy (non-hydrogen) atoms. The van der Waals surface area contributed by atoms with Crippen molar-refractivity contribution in [3.63, 3.8) is 0 Å². The van der Waals surface area contributed by atoms with Gasteiger partial charge in [-0.2, -0.15) is 0 Å². The van der Waals surface area contributed by atoms with Crippen molar-refractivity contribution in [2.75, 3.05) is 13.7 Å². The van der Waals surface area contributed by atoms with E-state index in [4.69, 9.17) is 4.74 Å². The fourth-order valence-electron chi connectivity index (χ4n) is 2.65. The van der Waals surface area contributed by atoms with Gasteiger partial charge in [-0.25, -0.2) is 13.8 Å². The molecule has 0 bridgehead atoms. The monoisotopic (exact) mass is 360 g/mol. The largest absolute Gasteiger partial charge is 0.383 e. The van der Waals surface area contributed by atoms with Gasteiger partial charge in [-0.05, 0) is 31.2 Å². The topological polar surface area (TPSA) is 26.5 Å². The maximum atomic E-state index is 14.3. The molecular weight excluding hydrogens is 342 g/mol. The highest BCUT2D eigenvalue weighted by molar-refractivity contribution is 7.07. The lowest BCUT2D eigenvalue weighted by atomic mass is 10.1. The number of ether oxygens (including phenoxy) is 1. The first-order chi connectivity index (χ1) is 12.1. The lowest BCUT2D eigenvalue weighted by Gasteiger charge is -2.17. The fraction of sp³-hybridized carbons (Fsp3) is 0.211. The Balaban J connectivity index is 2.21. The van der Waals surface area contributed by atoms with Gasteiger partial charge >= 0.3 is 0 Å². The van der Waals surface area contributed by atoms with Crippen molar-refractivity contribution in [1.29, 1.82) is 0 Å². The normalized spacial score (nSPS) is 13.2. The summed E-state index contributed by atoms with van der Waals surface area (Å²) in [7, 11) is 1.61. The molecule has 3 nitrogen and oxygen atoms in total. The average molecular weight is 360 g/mol. The van der Waals surface area contributed by atoms with E-state index in [0.717, 1.165) is 0 Å². The second-order valence-corrected chi connectivity index (χ2v) is 6.46. The zero-order valence-corrected chi connectivity index (χ0v) is 14.8. The summed E-state index contributed by atoms with van der Waals surface area (Å²) in [6.07, 6.45) is 0. The summed E-state index contributed by atoms with van der Waals surface area (Å²) in [4.78, 5) is 5.04. The molecule has 3 aromatic rings. The van der Waals surface area contributed by atoms with E-state index in [9.17, 15) is 8.78 Å². The maximum Gasteiger partial charge on any atom is 0.190 e. The van der Waals surface area contributed by atoms with Gasteiger partial charge < -0.3 is 9.30 Å². The van der Waals surface area contributed by atoms with Crippen molar-refractivity contribution in [1.82, 2.24) is 4.57 Å². The highest BCUT2D eigenvalue weighted by Gasteiger charge is 2.16. The van der Waals surface area contributed by atoms with Gasteiger partial charge in [0.05, 0.1) is 18.3 Å². The number of hydrogen-bond acceptors (Lipinski definition) is 3. The van der Waals surface area contributed by atoms with E-state index in [0.29, 0.717) is 22.7 Å². The van der Waals surface area contributed by atoms with E-state index >= 15 is 0 Å². The lowest BCUT2D eigenvalue weighted by Crippen LogP contribution is -2.23. The van der Waals surface area contributed by atoms with Crippen LogP contribution in [0.4, 0.5) is 14.5 Å². The van der Waals surface area contributed by atoms with Crippen molar-refractivity contribution < 1.29 is 13.5 Å². The molecule has 1 atom stereocenters. The molecule has 130 valence electrons. The summed E-state index contributed by atoms with van der Waals surface area (Å²) in [5, 5.41) is 1.84. The Morgan fingerprint density at radius 2 is 1.76 bits per heavy atom. The minimum absolute atomic E-state index is 0.0867. The first-order valence-corrected chi connectivity index (χ1v) is 8.73. The van der Waals surface area contributed by atoms with Gasteiger partial charge in [-0.15, -0.1) is 11.3 Å². The quantitative estimate of drug-likeness (QED) is 0.633. The molecule has 0 radical (unpaired) electrons. The molecule has 1 aromatic heterocycles. The van der Waals surface area contributed by atoms with Crippen LogP contribution in [0.2, 0.25) is 0 Å². The van der Waals surface area contributed by atoms with Crippen molar-refractivity contribution in [2.45, 2.75) is 13.0 Å². The van der Waals surface area contributed by atoms with Crippen LogP contribution in [0.1, 0.15) is 13.0 Å². The van der Waals surface area contributed by atoms with Crippen molar-refractivity contribution in [2.24, 2.45) is 4.99 Å². The third kappa shape index (κ3) is 3.70. The van der Waals surface area contributed by atoms with Gasteiger partial charge in [0, 0.05) is 18.1 Å². The molecule has 0 saturated heterocycles. The molecule has 6 heteroatoms. The van der Waals surface area contributed by atoms with E-state index in [2.05, 4.69) is 4.99 Å². The minimum atomic E-state index is -0.394. The van der Waals surface area contributed by atoms with Gasteiger partial charge in [0.15, 0.2) is 4.80 Å². The molecule has 0 aliphatic carbocycles. The highest BCUT2D eigenvalue weighted by atomic mass is 32.1. The Morgan fingerprint density at radius 3 is 2.44 bits per heavy atom. The van der Waals surface area contributed by atoms with E-state index in [1.165, 1.54) is 23.5 Å². The summed E-state index contributed by atoms with van der Waals surface area (Å²) >= 11 is 1.34. The number of halogens is 2. The van der Waals surface area contributed by atoms with Crippen LogP contribution in [-0.4, -0.2) is 18.3 Å². The van der Waals surface area contributed by atoms with Gasteiger partial charge in [-0.1, -0.05) is 24.3 Å². The Hall–Kier alpha value is -2.31. The van der Waals surface area contributed by atoms with Crippen molar-refractivity contribution in [3.8, 4) is 11.3 Å². The number of benzene rings is 2. The second-order valence-electron chi connectivity index (χ2n) is 5.62. The Labute approximate surface area is 148 Å². The predicted octanol–water partition coefficient (Wildman–Crippen LogP) is 4.93. The van der Waals surface area contributed by atoms with E-state index in [1.807, 2.05) is 16.9 Å². The Kier molecular flexibility index (Phi) is 5.40. The van der Waals surface area contributed by atoms with E-state index in [-0.39, 0.29) is 17.5 Å². The summed E-state index contributed by atoms with van der Waals surface area (Å²) in [6.45, 7) is 2.39. The van der Waals surface area contributed by atoms with Crippen LogP contribution in [0.25, 0.3) is 11.3 Å². The average Bonchev–Trinajstić information content (AvgIpc) is 3.01. The first kappa shape index (κ1) is 17.5. The summed E-state index contributed by atoms with van der Waals surface area (Å²) in [6, 6.07) is 12.8. The Morgan fingerprint density at radius 1 is 1.08 bits per heavy atom. The third-order valence-corrected chi connectivity index (χ3v) is 4.65. The SMILES string of the molecule is COC[C@@H](C)n1c(-c2ccccc2F)csc1=Nc1ccccc1F. The van der Waals surface area contributed by atoms with Crippen molar-refractivity contribution >= 4 is 17.0 Å². The molecule has 1 heterocycles. The number of rotatable bonds is 5. The molecule has 0 saturated carbocycles. The fourth-order valence-corrected chi connectivity index (χ4v) is 3.66. The van der Waals surface area contributed by atoms with Gasteiger partial charge in [-0.3, -0.25) is 0 Å². The smallest absolute Gasteiger partial charge is 0.190 e. The zero-order valence-electron chi connectivity index (χ0n) is 13.9. The van der Waals surface area contributed by atoms with Crippen LogP contribution in [0.15, 0.2) is 58.9 Å². The van der Waals surface area contributed by atoms with Crippen LogP contribution in [0, 0.1) is 11.6 Å². The molecule has 2 aromatic carbocycles. The van der Waals surface area contributed by atoms with Gasteiger partial charge in [0.1, 0.15) is 17.3 Å². The highest BCUT2D eigenvalue weighted by Crippen LogP contribution is 2.26. The predicted molar refractivity (Wildman–Crippen MR) is 95.9 cm³/mol. The van der Waals surface area contributed by atoms with E-state index in [1.54, 1.807) is 43.5 Å². The standard InChI is InChI=1S/C19H18F2N2OS/c1-13(11-24-2)23-18(14-7-3-4-8-15(14)20)12-25-19(23)22-17-10-6-5-9-16(17)21/h3-10,12-13H,11H2,1-2H3/t13-/m1/s1. The number of thiazole rings is 1. The van der Waals surface area contributed by atoms with Crippen LogP contribution >= 0.6 is 11.3 Å². The first-order valence-electron chi connectivity index (χ1n) is 7.85. The zero-order chi connectivity index (χ0) is 17.8. The second kappa shape index (κ2) is 7.72. The third-order valence-electron chi connectivity index (χ3n) is 3.81. The summed E-state index contributed by atoms with van der Waals surface area (Å²) in [5.74, 6) is -0.703. The molecule has 0 aliphatic rings. The van der Waals surface area contributed by atoms with Gasteiger partial charge in [0.25, 0.3) is 0 Å². The molecule has 0 N–H and O–H groups in total. The summed E-state index contributed by atoms with van der Waals surface area (Å²) < 4.78 is 35.4. The van der Waals surface area contributed by atoms with Gasteiger partial charge in [0.2, 0.25) is 0 Å². The number of hydrogen-bond donors (Lipinski definition) is 0. The molecular formula is C19H18F2N2OS. The number of aromatic nitrogens is 1. The molecule has 0 fully saturated rings. The van der Waals surface area contributed by atoms with Crippen molar-refractivity contribution in [3.05, 3.63) is 70.3 Å². The van der Waals surface area contributed by atoms with Crippen LogP contribution in [0.3, 0.4) is 0 Å².